The monoisotopic (exact) mass is 479 g/mol. The second-order valence-electron chi connectivity index (χ2n) is 8.10. The van der Waals surface area contributed by atoms with Gasteiger partial charge in [-0.15, -0.1) is 10.2 Å². The number of nitriles is 1. The average molecular weight is 480 g/mol. The van der Waals surface area contributed by atoms with Crippen molar-refractivity contribution in [2.75, 3.05) is 17.2 Å². The number of amides is 1. The van der Waals surface area contributed by atoms with E-state index in [9.17, 15) is 4.79 Å². The molecule has 4 rings (SSSR count). The molecule has 1 aromatic heterocycles. The summed E-state index contributed by atoms with van der Waals surface area (Å²) in [5.74, 6) is 0.0266. The fourth-order valence-electron chi connectivity index (χ4n) is 3.56. The number of benzene rings is 3. The number of carbonyl (C=O) groups excluding carboxylic acids is 1. The van der Waals surface area contributed by atoms with Crippen LogP contribution in [0.15, 0.2) is 84.0 Å². The van der Waals surface area contributed by atoms with Crippen LogP contribution in [0.1, 0.15) is 17.5 Å². The van der Waals surface area contributed by atoms with Crippen LogP contribution in [-0.2, 0) is 4.79 Å². The molecule has 0 saturated heterocycles. The molecule has 0 spiro atoms. The Balaban J connectivity index is 1.61. The van der Waals surface area contributed by atoms with Crippen LogP contribution in [0.2, 0.25) is 0 Å². The molecule has 1 heterocycles. The van der Waals surface area contributed by atoms with E-state index in [1.54, 1.807) is 4.90 Å². The van der Waals surface area contributed by atoms with Crippen LogP contribution < -0.4 is 4.90 Å². The molecule has 6 nitrogen and oxygen atoms in total. The Morgan fingerprint density at radius 3 is 2.06 bits per heavy atom. The molecular weight excluding hydrogens is 454 g/mol. The summed E-state index contributed by atoms with van der Waals surface area (Å²) in [4.78, 5) is 19.5. The van der Waals surface area contributed by atoms with Gasteiger partial charge < -0.3 is 4.90 Å². The highest BCUT2D eigenvalue weighted by molar-refractivity contribution is 7.99. The molecule has 0 aliphatic carbocycles. The van der Waals surface area contributed by atoms with Gasteiger partial charge in [-0.3, -0.25) is 4.79 Å². The average Bonchev–Trinajstić information content (AvgIpc) is 2.89. The van der Waals surface area contributed by atoms with Gasteiger partial charge in [0.2, 0.25) is 11.1 Å². The zero-order valence-electron chi connectivity index (χ0n) is 19.7. The first-order valence-electron chi connectivity index (χ1n) is 11.3. The Hall–Kier alpha value is -4.02. The SMILES string of the molecule is Cc1ccc(-c2nnc(SCC(=O)N(CCC#N)c3ccccc3)nc2-c2ccc(C)cc2)cc1. The van der Waals surface area contributed by atoms with Gasteiger partial charge in [-0.1, -0.05) is 89.6 Å². The molecule has 0 fully saturated rings. The lowest BCUT2D eigenvalue weighted by Crippen LogP contribution is -2.33. The van der Waals surface area contributed by atoms with E-state index < -0.39 is 0 Å². The molecule has 0 aliphatic heterocycles. The Morgan fingerprint density at radius 2 is 1.46 bits per heavy atom. The van der Waals surface area contributed by atoms with E-state index in [2.05, 4.69) is 16.3 Å². The first-order valence-corrected chi connectivity index (χ1v) is 12.3. The van der Waals surface area contributed by atoms with Crippen molar-refractivity contribution >= 4 is 23.4 Å². The number of aromatic nitrogens is 3. The third-order valence-electron chi connectivity index (χ3n) is 5.46. The highest BCUT2D eigenvalue weighted by Crippen LogP contribution is 2.30. The van der Waals surface area contributed by atoms with Gasteiger partial charge in [0.05, 0.1) is 18.2 Å². The number of hydrogen-bond acceptors (Lipinski definition) is 6. The topological polar surface area (TPSA) is 82.8 Å². The van der Waals surface area contributed by atoms with E-state index in [1.807, 2.05) is 92.7 Å². The molecule has 0 N–H and O–H groups in total. The minimum atomic E-state index is -0.112. The predicted molar refractivity (Wildman–Crippen MR) is 140 cm³/mol. The van der Waals surface area contributed by atoms with Gasteiger partial charge >= 0.3 is 0 Å². The molecule has 0 bridgehead atoms. The zero-order valence-corrected chi connectivity index (χ0v) is 20.5. The number of hydrogen-bond donors (Lipinski definition) is 0. The van der Waals surface area contributed by atoms with Crippen molar-refractivity contribution in [3.05, 3.63) is 90.0 Å². The Kier molecular flexibility index (Phi) is 7.86. The van der Waals surface area contributed by atoms with E-state index >= 15 is 0 Å². The standard InChI is InChI=1S/C28H25N5OS/c1-20-9-13-22(14-10-20)26-27(23-15-11-21(2)12-16-23)31-32-28(30-26)35-19-25(34)33(18-6-17-29)24-7-4-3-5-8-24/h3-5,7-16H,6,18-19H2,1-2H3. The highest BCUT2D eigenvalue weighted by Gasteiger charge is 2.18. The van der Waals surface area contributed by atoms with Gasteiger partial charge in [-0.25, -0.2) is 4.98 Å². The summed E-state index contributed by atoms with van der Waals surface area (Å²) in [6.45, 7) is 4.42. The molecule has 174 valence electrons. The summed E-state index contributed by atoms with van der Waals surface area (Å²) in [5.41, 5.74) is 6.39. The normalized spacial score (nSPS) is 10.5. The number of rotatable bonds is 8. The summed E-state index contributed by atoms with van der Waals surface area (Å²) in [6, 6.07) is 27.7. The maximum absolute atomic E-state index is 13.1. The molecule has 1 amide bonds. The maximum atomic E-state index is 13.1. The van der Waals surface area contributed by atoms with Crippen molar-refractivity contribution in [2.45, 2.75) is 25.4 Å². The lowest BCUT2D eigenvalue weighted by atomic mass is 10.0. The van der Waals surface area contributed by atoms with E-state index in [1.165, 1.54) is 11.8 Å². The van der Waals surface area contributed by atoms with Crippen molar-refractivity contribution in [1.29, 1.82) is 5.26 Å². The fraction of sp³-hybridized carbons (Fsp3) is 0.179. The van der Waals surface area contributed by atoms with Crippen molar-refractivity contribution in [1.82, 2.24) is 15.2 Å². The summed E-state index contributed by atoms with van der Waals surface area (Å²) >= 11 is 1.24. The highest BCUT2D eigenvalue weighted by atomic mass is 32.2. The van der Waals surface area contributed by atoms with Crippen LogP contribution >= 0.6 is 11.8 Å². The first kappa shape index (κ1) is 24.1. The minimum absolute atomic E-state index is 0.112. The van der Waals surface area contributed by atoms with Gasteiger partial charge in [0.1, 0.15) is 11.4 Å². The Labute approximate surface area is 209 Å². The summed E-state index contributed by atoms with van der Waals surface area (Å²) in [7, 11) is 0. The Bertz CT molecular complexity index is 1330. The third-order valence-corrected chi connectivity index (χ3v) is 6.28. The molecule has 0 atom stereocenters. The number of anilines is 1. The molecular formula is C28H25N5OS. The second kappa shape index (κ2) is 11.4. The quantitative estimate of drug-likeness (QED) is 0.294. The van der Waals surface area contributed by atoms with Crippen LogP contribution in [0, 0.1) is 25.2 Å². The molecule has 35 heavy (non-hydrogen) atoms. The van der Waals surface area contributed by atoms with Crippen molar-refractivity contribution < 1.29 is 4.79 Å². The van der Waals surface area contributed by atoms with Crippen LogP contribution in [0.3, 0.4) is 0 Å². The van der Waals surface area contributed by atoms with E-state index in [4.69, 9.17) is 10.2 Å². The van der Waals surface area contributed by atoms with E-state index in [0.29, 0.717) is 17.4 Å². The molecule has 0 saturated carbocycles. The number of para-hydroxylation sites is 1. The van der Waals surface area contributed by atoms with Gasteiger partial charge in [-0.2, -0.15) is 5.26 Å². The molecule has 0 aliphatic rings. The molecule has 0 unspecified atom stereocenters. The van der Waals surface area contributed by atoms with Crippen LogP contribution in [-0.4, -0.2) is 33.4 Å². The second-order valence-corrected chi connectivity index (χ2v) is 9.04. The van der Waals surface area contributed by atoms with Crippen LogP contribution in [0.25, 0.3) is 22.5 Å². The van der Waals surface area contributed by atoms with Crippen molar-refractivity contribution in [3.8, 4) is 28.6 Å². The summed E-state index contributed by atoms with van der Waals surface area (Å²) in [6.07, 6.45) is 0.256. The van der Waals surface area contributed by atoms with Crippen molar-refractivity contribution in [3.63, 3.8) is 0 Å². The predicted octanol–water partition coefficient (Wildman–Crippen LogP) is 5.86. The smallest absolute Gasteiger partial charge is 0.237 e. The third kappa shape index (κ3) is 6.11. The van der Waals surface area contributed by atoms with Crippen LogP contribution in [0.4, 0.5) is 5.69 Å². The largest absolute Gasteiger partial charge is 0.311 e. The van der Waals surface area contributed by atoms with Crippen molar-refractivity contribution in [2.24, 2.45) is 0 Å². The molecule has 7 heteroatoms. The minimum Gasteiger partial charge on any atom is -0.311 e. The number of thioether (sulfide) groups is 1. The van der Waals surface area contributed by atoms with Crippen LogP contribution in [0.5, 0.6) is 0 Å². The zero-order chi connectivity index (χ0) is 24.6. The van der Waals surface area contributed by atoms with E-state index in [0.717, 1.165) is 33.6 Å². The Morgan fingerprint density at radius 1 is 0.857 bits per heavy atom. The molecule has 4 aromatic rings. The van der Waals surface area contributed by atoms with Gasteiger partial charge in [-0.05, 0) is 26.0 Å². The number of nitrogens with zero attached hydrogens (tertiary/aromatic N) is 5. The lowest BCUT2D eigenvalue weighted by Gasteiger charge is -2.21. The number of carbonyl (C=O) groups is 1. The number of aryl methyl sites for hydroxylation is 2. The lowest BCUT2D eigenvalue weighted by molar-refractivity contribution is -0.116. The van der Waals surface area contributed by atoms with Gasteiger partial charge in [0.15, 0.2) is 0 Å². The summed E-state index contributed by atoms with van der Waals surface area (Å²) in [5, 5.41) is 18.3. The van der Waals surface area contributed by atoms with Gasteiger partial charge in [0, 0.05) is 23.4 Å². The maximum Gasteiger partial charge on any atom is 0.237 e. The molecule has 3 aromatic carbocycles. The summed E-state index contributed by atoms with van der Waals surface area (Å²) < 4.78 is 0. The fourth-order valence-corrected chi connectivity index (χ4v) is 4.23. The van der Waals surface area contributed by atoms with E-state index in [-0.39, 0.29) is 18.1 Å². The first-order chi connectivity index (χ1) is 17.0. The van der Waals surface area contributed by atoms with Gasteiger partial charge in [0.25, 0.3) is 0 Å². The molecule has 0 radical (unpaired) electrons.